The zero-order valence-electron chi connectivity index (χ0n) is 10.4. The van der Waals surface area contributed by atoms with E-state index in [0.717, 1.165) is 13.8 Å². The molecule has 8 heteroatoms. The summed E-state index contributed by atoms with van der Waals surface area (Å²) in [6.07, 6.45) is -0.840. The predicted octanol–water partition coefficient (Wildman–Crippen LogP) is 2.59. The second kappa shape index (κ2) is 5.10. The summed E-state index contributed by atoms with van der Waals surface area (Å²) in [5, 5.41) is 17.3. The number of carboxylic acids is 2. The third kappa shape index (κ3) is 2.59. The minimum Gasteiger partial charge on any atom is -0.481 e. The van der Waals surface area contributed by atoms with Crippen molar-refractivity contribution in [2.45, 2.75) is 20.3 Å². The molecule has 110 valence electrons. The lowest BCUT2D eigenvalue weighted by molar-refractivity contribution is -0.146. The minimum atomic E-state index is -2.16. The van der Waals surface area contributed by atoms with Crippen LogP contribution in [0.3, 0.4) is 0 Å². The third-order valence-corrected chi connectivity index (χ3v) is 2.77. The number of carboxylic acid groups (broad SMARTS) is 2. The maximum Gasteiger partial charge on any atom is 0.341 e. The second-order valence-electron chi connectivity index (χ2n) is 4.78. The lowest BCUT2D eigenvalue weighted by Crippen LogP contribution is -2.28. The number of aromatic carboxylic acids is 1. The molecule has 0 aliphatic heterocycles. The molecule has 0 saturated carbocycles. The lowest BCUT2D eigenvalue weighted by Gasteiger charge is -2.20. The van der Waals surface area contributed by atoms with E-state index in [1.54, 1.807) is 0 Å². The van der Waals surface area contributed by atoms with E-state index < -0.39 is 58.2 Å². The molecule has 0 amide bonds. The smallest absolute Gasteiger partial charge is 0.341 e. The monoisotopic (exact) mass is 294 g/mol. The maximum absolute atomic E-state index is 13.6. The summed E-state index contributed by atoms with van der Waals surface area (Å²) in [5.74, 6) is -11.5. The van der Waals surface area contributed by atoms with Crippen molar-refractivity contribution in [2.24, 2.45) is 5.41 Å². The van der Waals surface area contributed by atoms with Crippen LogP contribution >= 0.6 is 0 Å². The fourth-order valence-corrected chi connectivity index (χ4v) is 1.54. The SMILES string of the molecule is CC(C)(Cc1c(F)c(F)c(C(=O)O)c(F)c1F)C(=O)O. The molecule has 0 aliphatic carbocycles. The predicted molar refractivity (Wildman–Crippen MR) is 58.4 cm³/mol. The highest BCUT2D eigenvalue weighted by Gasteiger charge is 2.35. The van der Waals surface area contributed by atoms with Gasteiger partial charge in [-0.3, -0.25) is 4.79 Å². The Morgan fingerprint density at radius 1 is 0.950 bits per heavy atom. The average Bonchev–Trinajstić information content (AvgIpc) is 2.32. The Hall–Kier alpha value is -2.12. The molecular formula is C12H10F4O4. The van der Waals surface area contributed by atoms with E-state index in [-0.39, 0.29) is 0 Å². The fraction of sp³-hybridized carbons (Fsp3) is 0.333. The van der Waals surface area contributed by atoms with Crippen molar-refractivity contribution in [1.29, 1.82) is 0 Å². The highest BCUT2D eigenvalue weighted by molar-refractivity contribution is 5.88. The normalized spacial score (nSPS) is 11.5. The molecule has 2 N–H and O–H groups in total. The molecule has 0 saturated heterocycles. The van der Waals surface area contributed by atoms with Crippen LogP contribution in [0.2, 0.25) is 0 Å². The first-order chi connectivity index (χ1) is 9.00. The van der Waals surface area contributed by atoms with E-state index in [0.29, 0.717) is 0 Å². The van der Waals surface area contributed by atoms with E-state index in [2.05, 4.69) is 0 Å². The summed E-state index contributed by atoms with van der Waals surface area (Å²) in [6, 6.07) is 0. The molecule has 4 nitrogen and oxygen atoms in total. The number of halogens is 4. The van der Waals surface area contributed by atoms with Crippen LogP contribution in [0.15, 0.2) is 0 Å². The average molecular weight is 294 g/mol. The molecule has 0 radical (unpaired) electrons. The van der Waals surface area contributed by atoms with Crippen molar-refractivity contribution in [2.75, 3.05) is 0 Å². The summed E-state index contributed by atoms with van der Waals surface area (Å²) >= 11 is 0. The Balaban J connectivity index is 3.52. The van der Waals surface area contributed by atoms with Gasteiger partial charge in [-0.25, -0.2) is 22.4 Å². The van der Waals surface area contributed by atoms with Crippen molar-refractivity contribution in [3.63, 3.8) is 0 Å². The number of rotatable bonds is 4. The second-order valence-corrected chi connectivity index (χ2v) is 4.78. The molecule has 0 aromatic heterocycles. The van der Waals surface area contributed by atoms with Gasteiger partial charge in [-0.1, -0.05) is 0 Å². The molecule has 1 aromatic rings. The van der Waals surface area contributed by atoms with Crippen molar-refractivity contribution < 1.29 is 37.4 Å². The van der Waals surface area contributed by atoms with Crippen molar-refractivity contribution in [3.05, 3.63) is 34.4 Å². The Bertz CT molecular complexity index is 567. The van der Waals surface area contributed by atoms with Crippen LogP contribution < -0.4 is 0 Å². The first-order valence-electron chi connectivity index (χ1n) is 5.32. The highest BCUT2D eigenvalue weighted by atomic mass is 19.2. The largest absolute Gasteiger partial charge is 0.481 e. The quantitative estimate of drug-likeness (QED) is 0.661. The van der Waals surface area contributed by atoms with E-state index >= 15 is 0 Å². The third-order valence-electron chi connectivity index (χ3n) is 2.77. The number of hydrogen-bond donors (Lipinski definition) is 2. The van der Waals surface area contributed by atoms with Gasteiger partial charge in [0.05, 0.1) is 5.41 Å². The van der Waals surface area contributed by atoms with Crippen molar-refractivity contribution >= 4 is 11.9 Å². The number of hydrogen-bond acceptors (Lipinski definition) is 2. The van der Waals surface area contributed by atoms with Gasteiger partial charge in [0.1, 0.15) is 5.56 Å². The van der Waals surface area contributed by atoms with Crippen LogP contribution in [-0.2, 0) is 11.2 Å². The maximum atomic E-state index is 13.6. The molecule has 0 heterocycles. The van der Waals surface area contributed by atoms with Crippen molar-refractivity contribution in [1.82, 2.24) is 0 Å². The molecule has 0 unspecified atom stereocenters. The van der Waals surface area contributed by atoms with E-state index in [1.807, 2.05) is 0 Å². The van der Waals surface area contributed by atoms with Crippen LogP contribution in [0.25, 0.3) is 0 Å². The molecule has 0 atom stereocenters. The molecule has 1 rings (SSSR count). The van der Waals surface area contributed by atoms with Crippen molar-refractivity contribution in [3.8, 4) is 0 Å². The van der Waals surface area contributed by atoms with Gasteiger partial charge in [0.2, 0.25) is 0 Å². The minimum absolute atomic E-state index is 0.840. The number of aliphatic carboxylic acids is 1. The number of benzene rings is 1. The van der Waals surface area contributed by atoms with E-state index in [4.69, 9.17) is 10.2 Å². The Labute approximate surface area is 110 Å². The fourth-order valence-electron chi connectivity index (χ4n) is 1.54. The van der Waals surface area contributed by atoms with Gasteiger partial charge in [0.25, 0.3) is 0 Å². The standard InChI is InChI=1S/C12H10F4O4/c1-12(2,11(19)20)3-4-6(13)8(15)5(10(17)18)9(16)7(4)14/h3H2,1-2H3,(H,17,18)(H,19,20). The van der Waals surface area contributed by atoms with Gasteiger partial charge in [-0.15, -0.1) is 0 Å². The molecule has 20 heavy (non-hydrogen) atoms. The lowest BCUT2D eigenvalue weighted by atomic mass is 9.85. The van der Waals surface area contributed by atoms with Crippen LogP contribution in [-0.4, -0.2) is 22.2 Å². The molecule has 0 fully saturated rings. The first kappa shape index (κ1) is 15.9. The van der Waals surface area contributed by atoms with Crippen LogP contribution in [0, 0.1) is 28.7 Å². The molecule has 0 aliphatic rings. The Morgan fingerprint density at radius 2 is 1.35 bits per heavy atom. The summed E-state index contributed by atoms with van der Waals surface area (Å²) in [7, 11) is 0. The topological polar surface area (TPSA) is 74.6 Å². The van der Waals surface area contributed by atoms with Gasteiger partial charge in [-0.05, 0) is 20.3 Å². The van der Waals surface area contributed by atoms with Gasteiger partial charge >= 0.3 is 11.9 Å². The summed E-state index contributed by atoms with van der Waals surface area (Å²) in [5.41, 5.74) is -4.58. The summed E-state index contributed by atoms with van der Waals surface area (Å²) in [6.45, 7) is 2.21. The van der Waals surface area contributed by atoms with Crippen LogP contribution in [0.4, 0.5) is 17.6 Å². The molecule has 1 aromatic carbocycles. The Morgan fingerprint density at radius 3 is 1.65 bits per heavy atom. The summed E-state index contributed by atoms with van der Waals surface area (Å²) in [4.78, 5) is 21.4. The van der Waals surface area contributed by atoms with E-state index in [1.165, 1.54) is 0 Å². The van der Waals surface area contributed by atoms with E-state index in [9.17, 15) is 27.2 Å². The molecule has 0 spiro atoms. The summed E-state index contributed by atoms with van der Waals surface area (Å²) < 4.78 is 54.1. The van der Waals surface area contributed by atoms with Gasteiger partial charge in [0.15, 0.2) is 23.3 Å². The van der Waals surface area contributed by atoms with Gasteiger partial charge in [0, 0.05) is 5.56 Å². The highest BCUT2D eigenvalue weighted by Crippen LogP contribution is 2.30. The zero-order chi connectivity index (χ0) is 15.8. The molecular weight excluding hydrogens is 284 g/mol. The first-order valence-corrected chi connectivity index (χ1v) is 5.32. The van der Waals surface area contributed by atoms with Crippen LogP contribution in [0.5, 0.6) is 0 Å². The van der Waals surface area contributed by atoms with Gasteiger partial charge in [-0.2, -0.15) is 0 Å². The van der Waals surface area contributed by atoms with Gasteiger partial charge < -0.3 is 10.2 Å². The molecule has 0 bridgehead atoms. The Kier molecular flexibility index (Phi) is 4.07. The number of carbonyl (C=O) groups is 2. The zero-order valence-corrected chi connectivity index (χ0v) is 10.4. The van der Waals surface area contributed by atoms with Crippen LogP contribution in [0.1, 0.15) is 29.8 Å².